The highest BCUT2D eigenvalue weighted by Gasteiger charge is 2.30. The van der Waals surface area contributed by atoms with Gasteiger partial charge in [-0.15, -0.1) is 0 Å². The molecule has 0 bridgehead atoms. The molecule has 1 atom stereocenters. The Morgan fingerprint density at radius 3 is 2.73 bits per heavy atom. The first-order valence-electron chi connectivity index (χ1n) is 9.46. The Kier molecular flexibility index (Phi) is 8.13. The molecule has 1 aromatic carbocycles. The number of fused-ring (bicyclic) bond motifs is 1. The number of hydrogen-bond donors (Lipinski definition) is 2. The molecule has 0 fully saturated rings. The highest BCUT2D eigenvalue weighted by atomic mass is 16.6. The SMILES string of the molecule is CCCCNC(=O)C(CCCC)NC(=O)c1ccc2c(c1)B(OC)OC2. The smallest absolute Gasteiger partial charge is 0.410 e. The first kappa shape index (κ1) is 20.5. The first-order valence-corrected chi connectivity index (χ1v) is 9.46. The summed E-state index contributed by atoms with van der Waals surface area (Å²) in [6.07, 6.45) is 4.44. The highest BCUT2D eigenvalue weighted by molar-refractivity contribution is 6.62. The third-order valence-electron chi connectivity index (χ3n) is 4.56. The summed E-state index contributed by atoms with van der Waals surface area (Å²) in [5, 5.41) is 5.80. The fraction of sp³-hybridized carbons (Fsp3) is 0.579. The van der Waals surface area contributed by atoms with Crippen LogP contribution in [0.2, 0.25) is 0 Å². The van der Waals surface area contributed by atoms with E-state index in [-0.39, 0.29) is 11.8 Å². The maximum atomic E-state index is 12.7. The fourth-order valence-electron chi connectivity index (χ4n) is 2.97. The maximum absolute atomic E-state index is 12.7. The predicted octanol–water partition coefficient (Wildman–Crippen LogP) is 1.76. The second-order valence-electron chi connectivity index (χ2n) is 6.61. The van der Waals surface area contributed by atoms with Crippen molar-refractivity contribution in [3.63, 3.8) is 0 Å². The second kappa shape index (κ2) is 10.3. The minimum atomic E-state index is -0.512. The predicted molar refractivity (Wildman–Crippen MR) is 102 cm³/mol. The number of hydrogen-bond acceptors (Lipinski definition) is 4. The van der Waals surface area contributed by atoms with Crippen LogP contribution in [0.5, 0.6) is 0 Å². The Morgan fingerprint density at radius 1 is 1.27 bits per heavy atom. The van der Waals surface area contributed by atoms with Crippen molar-refractivity contribution in [1.29, 1.82) is 0 Å². The third-order valence-corrected chi connectivity index (χ3v) is 4.56. The zero-order valence-electron chi connectivity index (χ0n) is 16.0. The van der Waals surface area contributed by atoms with Crippen LogP contribution in [0.25, 0.3) is 0 Å². The first-order chi connectivity index (χ1) is 12.6. The van der Waals surface area contributed by atoms with Gasteiger partial charge in [0.2, 0.25) is 5.91 Å². The molecule has 1 aliphatic rings. The lowest BCUT2D eigenvalue weighted by atomic mass is 9.78. The minimum absolute atomic E-state index is 0.112. The van der Waals surface area contributed by atoms with Crippen LogP contribution < -0.4 is 16.1 Å². The minimum Gasteiger partial charge on any atom is -0.410 e. The summed E-state index contributed by atoms with van der Waals surface area (Å²) in [7, 11) is 1.14. The van der Waals surface area contributed by atoms with Crippen molar-refractivity contribution in [2.45, 2.75) is 58.6 Å². The van der Waals surface area contributed by atoms with Gasteiger partial charge in [0.05, 0.1) is 6.61 Å². The molecular weight excluding hydrogens is 331 g/mol. The van der Waals surface area contributed by atoms with Crippen molar-refractivity contribution in [2.24, 2.45) is 0 Å². The van der Waals surface area contributed by atoms with Gasteiger partial charge in [0.25, 0.3) is 5.91 Å². The van der Waals surface area contributed by atoms with E-state index < -0.39 is 13.2 Å². The summed E-state index contributed by atoms with van der Waals surface area (Å²) in [6, 6.07) is 4.92. The number of amides is 2. The monoisotopic (exact) mass is 360 g/mol. The van der Waals surface area contributed by atoms with Crippen molar-refractivity contribution >= 4 is 24.4 Å². The molecule has 0 saturated carbocycles. The lowest BCUT2D eigenvalue weighted by Crippen LogP contribution is -2.47. The van der Waals surface area contributed by atoms with Crippen molar-refractivity contribution in [3.05, 3.63) is 29.3 Å². The van der Waals surface area contributed by atoms with E-state index in [1.165, 1.54) is 0 Å². The molecule has 0 aliphatic carbocycles. The number of nitrogens with one attached hydrogen (secondary N) is 2. The van der Waals surface area contributed by atoms with Crippen LogP contribution >= 0.6 is 0 Å². The zero-order valence-corrected chi connectivity index (χ0v) is 16.0. The van der Waals surface area contributed by atoms with Crippen LogP contribution in [0.1, 0.15) is 61.9 Å². The van der Waals surface area contributed by atoms with Gasteiger partial charge in [0.15, 0.2) is 0 Å². The van der Waals surface area contributed by atoms with E-state index in [4.69, 9.17) is 9.31 Å². The van der Waals surface area contributed by atoms with E-state index in [9.17, 15) is 9.59 Å². The van der Waals surface area contributed by atoms with E-state index in [2.05, 4.69) is 24.5 Å². The number of unbranched alkanes of at least 4 members (excludes halogenated alkanes) is 2. The normalized spacial score (nSPS) is 14.0. The lowest BCUT2D eigenvalue weighted by molar-refractivity contribution is -0.123. The van der Waals surface area contributed by atoms with Gasteiger partial charge in [0, 0.05) is 19.2 Å². The molecule has 2 rings (SSSR count). The van der Waals surface area contributed by atoms with E-state index in [0.29, 0.717) is 25.1 Å². The van der Waals surface area contributed by atoms with Crippen LogP contribution in [0.15, 0.2) is 18.2 Å². The van der Waals surface area contributed by atoms with Gasteiger partial charge < -0.3 is 19.9 Å². The topological polar surface area (TPSA) is 76.7 Å². The van der Waals surface area contributed by atoms with Crippen LogP contribution in [0.3, 0.4) is 0 Å². The molecule has 0 radical (unpaired) electrons. The Bertz CT molecular complexity index is 624. The van der Waals surface area contributed by atoms with Gasteiger partial charge in [-0.05, 0) is 36.0 Å². The zero-order chi connectivity index (χ0) is 18.9. The number of benzene rings is 1. The average Bonchev–Trinajstić information content (AvgIpc) is 3.07. The van der Waals surface area contributed by atoms with Gasteiger partial charge in [-0.1, -0.05) is 39.2 Å². The fourth-order valence-corrected chi connectivity index (χ4v) is 2.97. The van der Waals surface area contributed by atoms with Crippen LogP contribution in [-0.2, 0) is 20.7 Å². The van der Waals surface area contributed by atoms with E-state index in [1.807, 2.05) is 6.07 Å². The van der Waals surface area contributed by atoms with Gasteiger partial charge in [-0.2, -0.15) is 0 Å². The van der Waals surface area contributed by atoms with Crippen molar-refractivity contribution in [3.8, 4) is 0 Å². The Hall–Kier alpha value is -1.86. The van der Waals surface area contributed by atoms with Crippen LogP contribution in [0.4, 0.5) is 0 Å². The van der Waals surface area contributed by atoms with Gasteiger partial charge >= 0.3 is 7.12 Å². The molecule has 6 nitrogen and oxygen atoms in total. The molecule has 0 spiro atoms. The molecule has 7 heteroatoms. The molecule has 2 N–H and O–H groups in total. The summed E-state index contributed by atoms with van der Waals surface area (Å²) in [5.74, 6) is -0.360. The second-order valence-corrected chi connectivity index (χ2v) is 6.61. The Balaban J connectivity index is 2.05. The highest BCUT2D eigenvalue weighted by Crippen LogP contribution is 2.13. The van der Waals surface area contributed by atoms with Crippen molar-refractivity contribution < 1.29 is 18.9 Å². The van der Waals surface area contributed by atoms with Crippen LogP contribution in [-0.4, -0.2) is 38.6 Å². The molecule has 1 unspecified atom stereocenters. The number of carbonyl (C=O) groups excluding carboxylic acids is 2. The third kappa shape index (κ3) is 5.32. The van der Waals surface area contributed by atoms with E-state index >= 15 is 0 Å². The molecule has 1 heterocycles. The van der Waals surface area contributed by atoms with Crippen molar-refractivity contribution in [2.75, 3.05) is 13.7 Å². The number of rotatable bonds is 10. The van der Waals surface area contributed by atoms with E-state index in [0.717, 1.165) is 36.7 Å². The summed E-state index contributed by atoms with van der Waals surface area (Å²) >= 11 is 0. The molecule has 0 aromatic heterocycles. The molecule has 26 heavy (non-hydrogen) atoms. The lowest BCUT2D eigenvalue weighted by Gasteiger charge is -2.18. The summed E-state index contributed by atoms with van der Waals surface area (Å²) in [6.45, 7) is 5.26. The summed E-state index contributed by atoms with van der Waals surface area (Å²) < 4.78 is 10.8. The largest absolute Gasteiger partial charge is 0.494 e. The average molecular weight is 360 g/mol. The summed E-state index contributed by atoms with van der Waals surface area (Å²) in [4.78, 5) is 25.1. The molecule has 142 valence electrons. The van der Waals surface area contributed by atoms with Gasteiger partial charge in [0.1, 0.15) is 6.04 Å². The molecular formula is C19H29BN2O4. The quantitative estimate of drug-likeness (QED) is 0.493. The van der Waals surface area contributed by atoms with Gasteiger partial charge in [-0.25, -0.2) is 0 Å². The summed E-state index contributed by atoms with van der Waals surface area (Å²) in [5.41, 5.74) is 2.41. The maximum Gasteiger partial charge on any atom is 0.494 e. The Morgan fingerprint density at radius 2 is 2.04 bits per heavy atom. The Labute approximate surface area is 156 Å². The molecule has 1 aromatic rings. The molecule has 2 amide bonds. The molecule has 1 aliphatic heterocycles. The standard InChI is InChI=1S/C19H29BN2O4/c1-4-6-8-17(19(24)21-11-7-5-2)22-18(23)14-9-10-15-13-26-20(25-3)16(15)12-14/h9-10,12,17H,4-8,11,13H2,1-3H3,(H,21,24)(H,22,23). The van der Waals surface area contributed by atoms with Crippen LogP contribution in [0, 0.1) is 0 Å². The van der Waals surface area contributed by atoms with Gasteiger partial charge in [-0.3, -0.25) is 9.59 Å². The van der Waals surface area contributed by atoms with E-state index in [1.54, 1.807) is 19.2 Å². The molecule has 0 saturated heterocycles. The van der Waals surface area contributed by atoms with Crippen molar-refractivity contribution in [1.82, 2.24) is 10.6 Å². The number of carbonyl (C=O) groups is 2.